The Morgan fingerprint density at radius 3 is 1.70 bits per heavy atom. The second-order valence-electron chi connectivity index (χ2n) is 16.5. The van der Waals surface area contributed by atoms with Gasteiger partial charge < -0.3 is 36.9 Å². The lowest BCUT2D eigenvalue weighted by molar-refractivity contribution is -0.124. The van der Waals surface area contributed by atoms with Gasteiger partial charge in [-0.15, -0.1) is 0 Å². The third kappa shape index (κ3) is 10.8. The van der Waals surface area contributed by atoms with Gasteiger partial charge in [-0.25, -0.2) is 12.4 Å². The molecule has 2 fully saturated rings. The van der Waals surface area contributed by atoms with E-state index < -0.39 is 22.1 Å². The number of aromatic amines is 1. The van der Waals surface area contributed by atoms with Crippen LogP contribution in [0.5, 0.6) is 0 Å². The molecule has 2 saturated carbocycles. The van der Waals surface area contributed by atoms with Gasteiger partial charge in [-0.2, -0.15) is 57.1 Å². The van der Waals surface area contributed by atoms with Crippen LogP contribution < -0.4 is 31.9 Å². The standard InChI is InChI=1S/C25H30N8O3S.C18H24N8O.2H2S/c1-15-5-9-20(10-6-15)37(35,36)33-12-11-21-22(28-16(2)18-7-8-18)30-25(31-23(21)33)29-19-13-27-32(14-19)17(3)24(34)26-4;1-10(12-4-5-12)22-16-14-6-7-20-15(14)24-18(25-16)23-13-8-21-26(9-13)11(2)17(27)19-3;;/h5-6,9-14,16-18H,7-8H2,1-4H3,(H,26,34)(H2,28,29,30,31);6-12H,4-5H2,1-3H3,(H,19,27)(H3,20,22,23,24,25);2*1H2/t16-,17?;10-,11?;;/m00../s1. The molecule has 6 heterocycles. The summed E-state index contributed by atoms with van der Waals surface area (Å²) < 4.78 is 31.4. The summed E-state index contributed by atoms with van der Waals surface area (Å²) in [6, 6.07) is 10.1. The second kappa shape index (κ2) is 20.5. The first-order valence-electron chi connectivity index (χ1n) is 21.4. The summed E-state index contributed by atoms with van der Waals surface area (Å²) in [6.45, 7) is 9.72. The van der Waals surface area contributed by atoms with Gasteiger partial charge in [-0.05, 0) is 96.4 Å². The van der Waals surface area contributed by atoms with Crippen LogP contribution in [-0.2, 0) is 19.6 Å². The number of aromatic nitrogens is 10. The largest absolute Gasteiger partial charge is 0.367 e. The molecular formula is C43H58N16O4S3. The number of carbonyl (C=O) groups is 2. The molecule has 6 aromatic heterocycles. The summed E-state index contributed by atoms with van der Waals surface area (Å²) in [5.74, 6) is 3.05. The summed E-state index contributed by atoms with van der Waals surface area (Å²) in [5, 5.41) is 28.6. The predicted molar refractivity (Wildman–Crippen MR) is 266 cm³/mol. The Bertz CT molecular complexity index is 2900. The molecule has 0 saturated heterocycles. The van der Waals surface area contributed by atoms with Crippen molar-refractivity contribution in [2.45, 2.75) is 89.4 Å². The molecule has 0 spiro atoms. The van der Waals surface area contributed by atoms with Crippen LogP contribution in [0.1, 0.15) is 71.0 Å². The fourth-order valence-corrected chi connectivity index (χ4v) is 8.58. The number of hydrogen-bond donors (Lipinski definition) is 7. The fourth-order valence-electron chi connectivity index (χ4n) is 7.29. The molecule has 2 amide bonds. The van der Waals surface area contributed by atoms with Crippen LogP contribution >= 0.6 is 27.0 Å². The highest BCUT2D eigenvalue weighted by atomic mass is 32.2. The van der Waals surface area contributed by atoms with E-state index in [0.717, 1.165) is 46.9 Å². The van der Waals surface area contributed by atoms with Gasteiger partial charge in [0, 0.05) is 51.0 Å². The van der Waals surface area contributed by atoms with Crippen LogP contribution in [0.3, 0.4) is 0 Å². The molecule has 7 aromatic rings. The van der Waals surface area contributed by atoms with E-state index in [2.05, 4.69) is 80.9 Å². The number of rotatable bonds is 16. The molecule has 352 valence electrons. The molecule has 0 radical (unpaired) electrons. The molecule has 2 aliphatic rings. The number of benzene rings is 1. The third-order valence-electron chi connectivity index (χ3n) is 11.7. The number of H-pyrrole nitrogens is 1. The molecule has 66 heavy (non-hydrogen) atoms. The number of fused-ring (bicyclic) bond motifs is 2. The molecule has 4 atom stereocenters. The van der Waals surface area contributed by atoms with E-state index >= 15 is 0 Å². The van der Waals surface area contributed by atoms with Crippen molar-refractivity contribution in [1.82, 2.24) is 59.1 Å². The minimum atomic E-state index is -3.89. The van der Waals surface area contributed by atoms with Crippen molar-refractivity contribution in [2.75, 3.05) is 35.4 Å². The molecule has 23 heteroatoms. The van der Waals surface area contributed by atoms with Crippen LogP contribution in [0, 0.1) is 18.8 Å². The van der Waals surface area contributed by atoms with E-state index in [1.54, 1.807) is 87.7 Å². The summed E-state index contributed by atoms with van der Waals surface area (Å²) in [5.41, 5.74) is 3.28. The van der Waals surface area contributed by atoms with E-state index in [1.807, 2.05) is 19.2 Å². The maximum absolute atomic E-state index is 13.5. The van der Waals surface area contributed by atoms with Crippen LogP contribution in [0.2, 0.25) is 0 Å². The Labute approximate surface area is 396 Å². The molecule has 0 aliphatic heterocycles. The lowest BCUT2D eigenvalue weighted by Crippen LogP contribution is -2.27. The van der Waals surface area contributed by atoms with Gasteiger partial charge in [0.05, 0.1) is 39.4 Å². The lowest BCUT2D eigenvalue weighted by Gasteiger charge is -2.16. The van der Waals surface area contributed by atoms with E-state index in [9.17, 15) is 18.0 Å². The number of aryl methyl sites for hydroxylation is 1. The number of hydrogen-bond acceptors (Lipinski definition) is 14. The van der Waals surface area contributed by atoms with Gasteiger partial charge in [0.1, 0.15) is 29.4 Å². The number of nitrogens with one attached hydrogen (secondary N) is 7. The Balaban J connectivity index is 0.000000221. The molecule has 1 aromatic carbocycles. The van der Waals surface area contributed by atoms with Crippen molar-refractivity contribution in [3.05, 3.63) is 79.1 Å². The first kappa shape index (κ1) is 49.1. The molecular weight excluding hydrogens is 901 g/mol. The van der Waals surface area contributed by atoms with Gasteiger partial charge in [0.25, 0.3) is 10.0 Å². The van der Waals surface area contributed by atoms with Crippen molar-refractivity contribution < 1.29 is 18.0 Å². The zero-order chi connectivity index (χ0) is 45.3. The smallest absolute Gasteiger partial charge is 0.269 e. The fraction of sp³-hybridized carbons (Fsp3) is 0.395. The first-order valence-corrected chi connectivity index (χ1v) is 22.8. The van der Waals surface area contributed by atoms with Crippen molar-refractivity contribution in [3.8, 4) is 0 Å². The van der Waals surface area contributed by atoms with Gasteiger partial charge in [0.15, 0.2) is 5.65 Å². The molecule has 2 aliphatic carbocycles. The molecule has 20 nitrogen and oxygen atoms in total. The normalized spacial score (nSPS) is 15.2. The highest BCUT2D eigenvalue weighted by Crippen LogP contribution is 2.37. The molecule has 2 unspecified atom stereocenters. The maximum Gasteiger partial charge on any atom is 0.269 e. The summed E-state index contributed by atoms with van der Waals surface area (Å²) in [4.78, 5) is 45.5. The highest BCUT2D eigenvalue weighted by Gasteiger charge is 2.30. The minimum Gasteiger partial charge on any atom is -0.367 e. The number of amides is 2. The van der Waals surface area contributed by atoms with Crippen LogP contribution in [0.15, 0.2) is 78.5 Å². The van der Waals surface area contributed by atoms with Gasteiger partial charge >= 0.3 is 0 Å². The topological polar surface area (TPSA) is 248 Å². The summed E-state index contributed by atoms with van der Waals surface area (Å²) >= 11 is 0. The Hall–Kier alpha value is -6.33. The van der Waals surface area contributed by atoms with E-state index in [-0.39, 0.29) is 61.3 Å². The number of anilines is 6. The Morgan fingerprint density at radius 1 is 0.697 bits per heavy atom. The number of likely N-dealkylation sites (N-methyl/N-ethyl adjacent to an activating group) is 2. The van der Waals surface area contributed by atoms with E-state index in [0.29, 0.717) is 34.8 Å². The quantitative estimate of drug-likeness (QED) is 0.0581. The van der Waals surface area contributed by atoms with Gasteiger partial charge in [0.2, 0.25) is 23.7 Å². The SMILES string of the molecule is CNC(=O)C(C)n1cc(Nc2nc(N[C@@H](C)C3CC3)c3cc[nH]c3n2)cn1.CNC(=O)C(C)n1cc(Nc2nc(N[C@@H](C)C3CC3)c3ccn(S(=O)(=O)c4ccc(C)cc4)c3n2)cn1.S.S. The van der Waals surface area contributed by atoms with Crippen molar-refractivity contribution in [1.29, 1.82) is 0 Å². The summed E-state index contributed by atoms with van der Waals surface area (Å²) in [6.07, 6.45) is 14.9. The van der Waals surface area contributed by atoms with Crippen LogP contribution in [0.4, 0.5) is 34.9 Å². The van der Waals surface area contributed by atoms with Crippen molar-refractivity contribution in [3.63, 3.8) is 0 Å². The summed E-state index contributed by atoms with van der Waals surface area (Å²) in [7, 11) is -0.707. The first-order chi connectivity index (χ1) is 30.7. The van der Waals surface area contributed by atoms with Gasteiger partial charge in [-0.1, -0.05) is 17.7 Å². The number of carbonyl (C=O) groups excluding carboxylic acids is 2. The lowest BCUT2D eigenvalue weighted by atomic mass is 10.2. The molecule has 7 N–H and O–H groups in total. The van der Waals surface area contributed by atoms with Crippen molar-refractivity contribution >= 4 is 106 Å². The zero-order valence-electron chi connectivity index (χ0n) is 37.8. The average molecular weight is 959 g/mol. The van der Waals surface area contributed by atoms with Crippen LogP contribution in [0.25, 0.3) is 22.1 Å². The molecule has 0 bridgehead atoms. The monoisotopic (exact) mass is 958 g/mol. The number of nitrogens with zero attached hydrogens (tertiary/aromatic N) is 9. The van der Waals surface area contributed by atoms with Crippen LogP contribution in [-0.4, -0.2) is 94.9 Å². The van der Waals surface area contributed by atoms with E-state index in [1.165, 1.54) is 27.7 Å². The Kier molecular flexibility index (Phi) is 15.2. The predicted octanol–water partition coefficient (Wildman–Crippen LogP) is 6.08. The average Bonchev–Trinajstić information content (AvgIpc) is 4.10. The van der Waals surface area contributed by atoms with E-state index in [4.69, 9.17) is 0 Å². The highest BCUT2D eigenvalue weighted by molar-refractivity contribution is 7.90. The molecule has 9 rings (SSSR count). The third-order valence-corrected chi connectivity index (χ3v) is 13.3. The maximum atomic E-state index is 13.5. The Morgan fingerprint density at radius 2 is 1.20 bits per heavy atom. The van der Waals surface area contributed by atoms with Crippen molar-refractivity contribution in [2.24, 2.45) is 11.8 Å². The zero-order valence-corrected chi connectivity index (χ0v) is 40.6. The second-order valence-corrected chi connectivity index (χ2v) is 18.3. The van der Waals surface area contributed by atoms with Gasteiger partial charge in [-0.3, -0.25) is 19.0 Å². The minimum absolute atomic E-state index is 0.